The quantitative estimate of drug-likeness (QED) is 0.688. The molecule has 2 heterocycles. The molecule has 3 aromatic rings. The Morgan fingerprint density at radius 2 is 1.85 bits per heavy atom. The number of rotatable bonds is 3. The fourth-order valence-corrected chi connectivity index (χ4v) is 3.79. The maximum Gasteiger partial charge on any atom is 0.273 e. The smallest absolute Gasteiger partial charge is 0.273 e. The van der Waals surface area contributed by atoms with E-state index in [-0.39, 0.29) is 17.2 Å². The minimum atomic E-state index is -0.690. The molecule has 140 valence electrons. The van der Waals surface area contributed by atoms with Crippen molar-refractivity contribution in [1.82, 2.24) is 25.7 Å². The van der Waals surface area contributed by atoms with E-state index < -0.39 is 5.54 Å². The number of H-pyrrole nitrogens is 1. The third-order valence-corrected chi connectivity index (χ3v) is 5.18. The summed E-state index contributed by atoms with van der Waals surface area (Å²) in [6.07, 6.45) is 5.61. The first-order valence-electron chi connectivity index (χ1n) is 9.20. The molecule has 2 N–H and O–H groups in total. The van der Waals surface area contributed by atoms with Gasteiger partial charge in [-0.05, 0) is 18.9 Å². The molecule has 0 saturated heterocycles. The summed E-state index contributed by atoms with van der Waals surface area (Å²) >= 11 is 0. The van der Waals surface area contributed by atoms with E-state index in [9.17, 15) is 9.59 Å². The number of aryl methyl sites for hydroxylation is 1. The number of hydrogen-bond acceptors (Lipinski definition) is 6. The largest absolute Gasteiger partial charge is 0.340 e. The Morgan fingerprint density at radius 3 is 2.52 bits per heavy atom. The molecule has 8 heteroatoms. The Morgan fingerprint density at radius 1 is 1.15 bits per heavy atom. The summed E-state index contributed by atoms with van der Waals surface area (Å²) in [4.78, 5) is 29.5. The van der Waals surface area contributed by atoms with Gasteiger partial charge in [0.25, 0.3) is 11.5 Å². The zero-order valence-electron chi connectivity index (χ0n) is 15.1. The van der Waals surface area contributed by atoms with Crippen molar-refractivity contribution < 1.29 is 9.32 Å². The summed E-state index contributed by atoms with van der Waals surface area (Å²) in [6, 6.07) is 6.94. The summed E-state index contributed by atoms with van der Waals surface area (Å²) < 4.78 is 5.18. The highest BCUT2D eigenvalue weighted by molar-refractivity contribution is 6.05. The van der Waals surface area contributed by atoms with E-state index >= 15 is 0 Å². The average molecular weight is 367 g/mol. The molecule has 0 aliphatic heterocycles. The minimum Gasteiger partial charge on any atom is -0.340 e. The highest BCUT2D eigenvalue weighted by Gasteiger charge is 2.39. The van der Waals surface area contributed by atoms with E-state index in [1.165, 1.54) is 0 Å². The van der Waals surface area contributed by atoms with Crippen molar-refractivity contribution >= 4 is 16.7 Å². The molecule has 0 spiro atoms. The molecule has 4 rings (SSSR count). The lowest BCUT2D eigenvalue weighted by Gasteiger charge is -2.30. The molecule has 0 bridgehead atoms. The third-order valence-electron chi connectivity index (χ3n) is 5.18. The second-order valence-electron chi connectivity index (χ2n) is 7.03. The molecular weight excluding hydrogens is 346 g/mol. The van der Waals surface area contributed by atoms with E-state index in [2.05, 4.69) is 25.7 Å². The van der Waals surface area contributed by atoms with Gasteiger partial charge in [-0.1, -0.05) is 49.0 Å². The number of benzene rings is 1. The molecule has 2 aromatic heterocycles. The van der Waals surface area contributed by atoms with Crippen molar-refractivity contribution in [2.24, 2.45) is 0 Å². The number of aromatic amines is 1. The topological polar surface area (TPSA) is 114 Å². The van der Waals surface area contributed by atoms with E-state index in [0.29, 0.717) is 22.5 Å². The van der Waals surface area contributed by atoms with Crippen LogP contribution >= 0.6 is 0 Å². The molecule has 1 saturated carbocycles. The van der Waals surface area contributed by atoms with Gasteiger partial charge in [-0.25, -0.2) is 5.10 Å². The zero-order valence-corrected chi connectivity index (χ0v) is 15.1. The molecule has 0 unspecified atom stereocenters. The van der Waals surface area contributed by atoms with Gasteiger partial charge in [0.15, 0.2) is 11.5 Å². The molecule has 1 aromatic carbocycles. The maximum atomic E-state index is 13.2. The van der Waals surface area contributed by atoms with Crippen LogP contribution in [-0.4, -0.2) is 26.2 Å². The van der Waals surface area contributed by atoms with Crippen LogP contribution in [0.5, 0.6) is 0 Å². The van der Waals surface area contributed by atoms with Crippen LogP contribution in [0.3, 0.4) is 0 Å². The number of aromatic nitrogens is 4. The van der Waals surface area contributed by atoms with Crippen molar-refractivity contribution in [2.45, 2.75) is 51.0 Å². The standard InChI is InChI=1S/C19H21N5O3/c1-12-20-18(24-27-12)19(10-6-2-3-7-11-19)21-17(26)15-13-8-4-5-9-14(13)16(25)23-22-15/h4-5,8-9H,2-3,6-7,10-11H2,1H3,(H,21,26)(H,23,25). The fraction of sp³-hybridized carbons (Fsp3) is 0.421. The van der Waals surface area contributed by atoms with Gasteiger partial charge in [-0.3, -0.25) is 9.59 Å². The van der Waals surface area contributed by atoms with E-state index in [1.54, 1.807) is 31.2 Å². The predicted octanol–water partition coefficient (Wildman–Crippen LogP) is 2.59. The number of fused-ring (bicyclic) bond motifs is 1. The van der Waals surface area contributed by atoms with Gasteiger partial charge in [0, 0.05) is 12.3 Å². The Labute approximate surface area is 155 Å². The van der Waals surface area contributed by atoms with Crippen molar-refractivity contribution in [3.8, 4) is 0 Å². The normalized spacial score (nSPS) is 16.8. The lowest BCUT2D eigenvalue weighted by Crippen LogP contribution is -2.47. The first-order valence-corrected chi connectivity index (χ1v) is 9.20. The first-order chi connectivity index (χ1) is 13.1. The van der Waals surface area contributed by atoms with Crippen LogP contribution < -0.4 is 10.9 Å². The van der Waals surface area contributed by atoms with Crippen LogP contribution in [0, 0.1) is 6.92 Å². The Balaban J connectivity index is 1.75. The molecule has 27 heavy (non-hydrogen) atoms. The van der Waals surface area contributed by atoms with Crippen LogP contribution in [-0.2, 0) is 5.54 Å². The van der Waals surface area contributed by atoms with Crippen molar-refractivity contribution in [3.63, 3.8) is 0 Å². The molecule has 1 amide bonds. The summed E-state index contributed by atoms with van der Waals surface area (Å²) in [7, 11) is 0. The van der Waals surface area contributed by atoms with Crippen molar-refractivity contribution in [1.29, 1.82) is 0 Å². The van der Waals surface area contributed by atoms with E-state index in [4.69, 9.17) is 4.52 Å². The van der Waals surface area contributed by atoms with Gasteiger partial charge in [0.2, 0.25) is 5.89 Å². The van der Waals surface area contributed by atoms with Gasteiger partial charge in [0.05, 0.1) is 5.39 Å². The molecule has 0 radical (unpaired) electrons. The highest BCUT2D eigenvalue weighted by Crippen LogP contribution is 2.35. The van der Waals surface area contributed by atoms with Crippen LogP contribution in [0.1, 0.15) is 60.7 Å². The maximum absolute atomic E-state index is 13.2. The van der Waals surface area contributed by atoms with Gasteiger partial charge in [-0.2, -0.15) is 10.1 Å². The van der Waals surface area contributed by atoms with Gasteiger partial charge < -0.3 is 9.84 Å². The molecule has 8 nitrogen and oxygen atoms in total. The van der Waals surface area contributed by atoms with E-state index in [1.807, 2.05) is 0 Å². The lowest BCUT2D eigenvalue weighted by molar-refractivity contribution is 0.0872. The second kappa shape index (κ2) is 6.94. The van der Waals surface area contributed by atoms with Gasteiger partial charge in [-0.15, -0.1) is 0 Å². The van der Waals surface area contributed by atoms with Crippen LogP contribution in [0.25, 0.3) is 10.8 Å². The van der Waals surface area contributed by atoms with Gasteiger partial charge in [0.1, 0.15) is 5.54 Å². The third kappa shape index (κ3) is 3.22. The van der Waals surface area contributed by atoms with E-state index in [0.717, 1.165) is 38.5 Å². The number of amides is 1. The SMILES string of the molecule is Cc1nc(C2(NC(=O)c3n[nH]c(=O)c4ccccc34)CCCCCC2)no1. The summed E-state index contributed by atoms with van der Waals surface area (Å²) in [5, 5.41) is 14.6. The number of carbonyl (C=O) groups is 1. The highest BCUT2D eigenvalue weighted by atomic mass is 16.5. The number of nitrogens with one attached hydrogen (secondary N) is 2. The summed E-state index contributed by atoms with van der Waals surface area (Å²) in [5.41, 5.74) is -0.821. The lowest BCUT2D eigenvalue weighted by atomic mass is 9.89. The van der Waals surface area contributed by atoms with Crippen molar-refractivity contribution in [2.75, 3.05) is 0 Å². The molecule has 1 aliphatic carbocycles. The van der Waals surface area contributed by atoms with Gasteiger partial charge >= 0.3 is 0 Å². The van der Waals surface area contributed by atoms with Crippen LogP contribution in [0.4, 0.5) is 0 Å². The first kappa shape index (κ1) is 17.4. The minimum absolute atomic E-state index is 0.189. The molecule has 0 atom stereocenters. The summed E-state index contributed by atoms with van der Waals surface area (Å²) in [5.74, 6) is 0.617. The average Bonchev–Trinajstić information content (AvgIpc) is 2.98. The predicted molar refractivity (Wildman–Crippen MR) is 98.2 cm³/mol. The molecule has 1 fully saturated rings. The Kier molecular flexibility index (Phi) is 4.47. The fourth-order valence-electron chi connectivity index (χ4n) is 3.79. The van der Waals surface area contributed by atoms with Crippen LogP contribution in [0.15, 0.2) is 33.6 Å². The van der Waals surface area contributed by atoms with Crippen molar-refractivity contribution in [3.05, 3.63) is 52.0 Å². The number of hydrogen-bond donors (Lipinski definition) is 2. The molecular formula is C19H21N5O3. The molecule has 1 aliphatic rings. The zero-order chi connectivity index (χ0) is 18.9. The Hall–Kier alpha value is -3.03. The van der Waals surface area contributed by atoms with Crippen LogP contribution in [0.2, 0.25) is 0 Å². The monoisotopic (exact) mass is 367 g/mol. The summed E-state index contributed by atoms with van der Waals surface area (Å²) in [6.45, 7) is 1.74. The number of carbonyl (C=O) groups excluding carboxylic acids is 1. The Bertz CT molecular complexity index is 1030. The number of nitrogens with zero attached hydrogens (tertiary/aromatic N) is 3. The second-order valence-corrected chi connectivity index (χ2v) is 7.03.